The molecule has 0 radical (unpaired) electrons. The number of amides is 1. The second-order valence-electron chi connectivity index (χ2n) is 4.77. The molecule has 8 nitrogen and oxygen atoms in total. The van der Waals surface area contributed by atoms with E-state index in [-0.39, 0.29) is 5.91 Å². The van der Waals surface area contributed by atoms with Crippen molar-refractivity contribution in [2.75, 3.05) is 5.32 Å². The third kappa shape index (κ3) is 2.79. The molecule has 0 aliphatic rings. The van der Waals surface area contributed by atoms with Crippen LogP contribution in [-0.4, -0.2) is 31.1 Å². The summed E-state index contributed by atoms with van der Waals surface area (Å²) in [6.07, 6.45) is 3.05. The minimum Gasteiger partial charge on any atom is -0.463 e. The molecule has 4 aromatic rings. The van der Waals surface area contributed by atoms with Crippen molar-refractivity contribution in [3.63, 3.8) is 0 Å². The minimum absolute atomic E-state index is 0.259. The molecule has 0 aliphatic heterocycles. The van der Waals surface area contributed by atoms with Crippen LogP contribution in [0.25, 0.3) is 17.1 Å². The zero-order valence-electron chi connectivity index (χ0n) is 12.2. The van der Waals surface area contributed by atoms with Gasteiger partial charge in [-0.2, -0.15) is 0 Å². The number of thiazole rings is 1. The largest absolute Gasteiger partial charge is 0.463 e. The first kappa shape index (κ1) is 14.3. The van der Waals surface area contributed by atoms with Crippen LogP contribution in [0.15, 0.2) is 58.8 Å². The van der Waals surface area contributed by atoms with E-state index in [1.807, 2.05) is 17.5 Å². The van der Waals surface area contributed by atoms with E-state index in [0.717, 1.165) is 0 Å². The van der Waals surface area contributed by atoms with Gasteiger partial charge in [0.25, 0.3) is 5.91 Å². The molecule has 1 amide bonds. The van der Waals surface area contributed by atoms with E-state index < -0.39 is 0 Å². The number of anilines is 1. The fourth-order valence-electron chi connectivity index (χ4n) is 2.11. The molecule has 3 aromatic heterocycles. The lowest BCUT2D eigenvalue weighted by atomic mass is 10.2. The average molecular weight is 338 g/mol. The molecule has 0 spiro atoms. The Balaban J connectivity index is 1.53. The number of hydrogen-bond donors (Lipinski definition) is 1. The molecule has 0 fully saturated rings. The predicted molar refractivity (Wildman–Crippen MR) is 86.9 cm³/mol. The van der Waals surface area contributed by atoms with Gasteiger partial charge in [-0.3, -0.25) is 10.1 Å². The highest BCUT2D eigenvalue weighted by Crippen LogP contribution is 2.25. The number of aromatic nitrogens is 5. The van der Waals surface area contributed by atoms with Crippen LogP contribution in [0.5, 0.6) is 0 Å². The van der Waals surface area contributed by atoms with Crippen LogP contribution >= 0.6 is 11.3 Å². The monoisotopic (exact) mass is 338 g/mol. The second kappa shape index (κ2) is 6.05. The van der Waals surface area contributed by atoms with E-state index >= 15 is 0 Å². The van der Waals surface area contributed by atoms with Gasteiger partial charge in [-0.05, 0) is 40.8 Å². The van der Waals surface area contributed by atoms with Crippen LogP contribution in [0.1, 0.15) is 10.4 Å². The van der Waals surface area contributed by atoms with Gasteiger partial charge in [0.15, 0.2) is 10.9 Å². The zero-order chi connectivity index (χ0) is 16.4. The third-order valence-corrected chi connectivity index (χ3v) is 3.98. The van der Waals surface area contributed by atoms with E-state index in [1.54, 1.807) is 30.5 Å². The highest BCUT2D eigenvalue weighted by molar-refractivity contribution is 7.14. The molecular formula is C15H10N6O2S. The van der Waals surface area contributed by atoms with Crippen molar-refractivity contribution in [3.05, 3.63) is 59.9 Å². The van der Waals surface area contributed by atoms with E-state index in [1.165, 1.54) is 22.3 Å². The number of carbonyl (C=O) groups is 1. The van der Waals surface area contributed by atoms with Gasteiger partial charge in [0.2, 0.25) is 0 Å². The summed E-state index contributed by atoms with van der Waals surface area (Å²) in [4.78, 5) is 16.7. The van der Waals surface area contributed by atoms with Gasteiger partial charge < -0.3 is 4.42 Å². The number of carbonyl (C=O) groups excluding carboxylic acids is 1. The Hall–Kier alpha value is -3.33. The van der Waals surface area contributed by atoms with E-state index in [0.29, 0.717) is 27.8 Å². The highest BCUT2D eigenvalue weighted by atomic mass is 32.1. The van der Waals surface area contributed by atoms with Crippen molar-refractivity contribution >= 4 is 22.4 Å². The molecule has 1 N–H and O–H groups in total. The van der Waals surface area contributed by atoms with Gasteiger partial charge in [0.05, 0.1) is 12.0 Å². The Morgan fingerprint density at radius 1 is 1.25 bits per heavy atom. The van der Waals surface area contributed by atoms with Gasteiger partial charge >= 0.3 is 0 Å². The number of rotatable bonds is 4. The molecule has 1 aromatic carbocycles. The van der Waals surface area contributed by atoms with Crippen molar-refractivity contribution in [2.45, 2.75) is 0 Å². The molecule has 3 heterocycles. The summed E-state index contributed by atoms with van der Waals surface area (Å²) >= 11 is 1.33. The Morgan fingerprint density at radius 3 is 3.00 bits per heavy atom. The topological polar surface area (TPSA) is 98.7 Å². The lowest BCUT2D eigenvalue weighted by molar-refractivity contribution is 0.102. The van der Waals surface area contributed by atoms with Gasteiger partial charge in [-0.15, -0.1) is 16.4 Å². The molecule has 0 atom stereocenters. The van der Waals surface area contributed by atoms with Crippen LogP contribution in [0, 0.1) is 0 Å². The maximum Gasteiger partial charge on any atom is 0.257 e. The normalized spacial score (nSPS) is 10.7. The fourth-order valence-corrected chi connectivity index (χ4v) is 2.80. The summed E-state index contributed by atoms with van der Waals surface area (Å²) in [5, 5.41) is 16.1. The molecule has 9 heteroatoms. The first-order chi connectivity index (χ1) is 11.8. The molecule has 0 saturated heterocycles. The Morgan fingerprint density at radius 2 is 2.21 bits per heavy atom. The summed E-state index contributed by atoms with van der Waals surface area (Å²) < 4.78 is 6.77. The number of hydrogen-bond acceptors (Lipinski definition) is 7. The summed E-state index contributed by atoms with van der Waals surface area (Å²) in [5.41, 5.74) is 1.86. The molecule has 0 bridgehead atoms. The average Bonchev–Trinajstić information content (AvgIpc) is 3.36. The van der Waals surface area contributed by atoms with Crippen molar-refractivity contribution in [1.82, 2.24) is 25.2 Å². The maximum atomic E-state index is 12.4. The molecule has 0 saturated carbocycles. The molecule has 118 valence electrons. The summed E-state index contributed by atoms with van der Waals surface area (Å²) in [5.74, 6) is 0.401. The lowest BCUT2D eigenvalue weighted by Gasteiger charge is -2.04. The van der Waals surface area contributed by atoms with Gasteiger partial charge in [-0.25, -0.2) is 9.67 Å². The SMILES string of the molecule is O=C(Nc1nc(-c2ccco2)cs1)c1cccc(-n2cnnn2)c1. The fraction of sp³-hybridized carbons (Fsp3) is 0. The van der Waals surface area contributed by atoms with Crippen LogP contribution in [0.3, 0.4) is 0 Å². The third-order valence-electron chi connectivity index (χ3n) is 3.22. The summed E-state index contributed by atoms with van der Waals surface area (Å²) in [6.45, 7) is 0. The van der Waals surface area contributed by atoms with E-state index in [4.69, 9.17) is 4.42 Å². The van der Waals surface area contributed by atoms with Crippen LogP contribution in [-0.2, 0) is 0 Å². The Bertz CT molecular complexity index is 962. The van der Waals surface area contributed by atoms with E-state index in [2.05, 4.69) is 25.8 Å². The number of nitrogens with zero attached hydrogens (tertiary/aromatic N) is 5. The lowest BCUT2D eigenvalue weighted by Crippen LogP contribution is -2.12. The standard InChI is InChI=1S/C15H10N6O2S/c22-14(10-3-1-4-11(7-10)21-9-16-19-20-21)18-15-17-12(8-24-15)13-5-2-6-23-13/h1-9H,(H,17,18,22). The quantitative estimate of drug-likeness (QED) is 0.614. The molecular weight excluding hydrogens is 328 g/mol. The van der Waals surface area contributed by atoms with Crippen molar-refractivity contribution in [2.24, 2.45) is 0 Å². The maximum absolute atomic E-state index is 12.4. The number of nitrogens with one attached hydrogen (secondary N) is 1. The minimum atomic E-state index is -0.259. The molecule has 4 rings (SSSR count). The smallest absolute Gasteiger partial charge is 0.257 e. The van der Waals surface area contributed by atoms with Crippen LogP contribution in [0.2, 0.25) is 0 Å². The molecule has 24 heavy (non-hydrogen) atoms. The first-order valence-corrected chi connectivity index (χ1v) is 7.82. The number of tetrazole rings is 1. The Labute approximate surface area is 139 Å². The van der Waals surface area contributed by atoms with Crippen molar-refractivity contribution < 1.29 is 9.21 Å². The molecule has 0 unspecified atom stereocenters. The molecule has 0 aliphatic carbocycles. The highest BCUT2D eigenvalue weighted by Gasteiger charge is 2.12. The summed E-state index contributed by atoms with van der Waals surface area (Å²) in [6, 6.07) is 10.6. The Kier molecular flexibility index (Phi) is 3.60. The first-order valence-electron chi connectivity index (χ1n) is 6.94. The second-order valence-corrected chi connectivity index (χ2v) is 5.63. The van der Waals surface area contributed by atoms with E-state index in [9.17, 15) is 4.79 Å². The van der Waals surface area contributed by atoms with Gasteiger partial charge in [0.1, 0.15) is 12.0 Å². The van der Waals surface area contributed by atoms with Crippen LogP contribution in [0.4, 0.5) is 5.13 Å². The number of furan rings is 1. The number of benzene rings is 1. The van der Waals surface area contributed by atoms with Crippen molar-refractivity contribution in [1.29, 1.82) is 0 Å². The zero-order valence-corrected chi connectivity index (χ0v) is 13.0. The van der Waals surface area contributed by atoms with Crippen LogP contribution < -0.4 is 5.32 Å². The van der Waals surface area contributed by atoms with Gasteiger partial charge in [0, 0.05) is 10.9 Å². The predicted octanol–water partition coefficient (Wildman–Crippen LogP) is 2.63. The summed E-state index contributed by atoms with van der Waals surface area (Å²) in [7, 11) is 0. The van der Waals surface area contributed by atoms with Crippen molar-refractivity contribution in [3.8, 4) is 17.1 Å². The van der Waals surface area contributed by atoms with Gasteiger partial charge in [-0.1, -0.05) is 6.07 Å².